The first-order chi connectivity index (χ1) is 11.1. The Kier molecular flexibility index (Phi) is 3.27. The summed E-state index contributed by atoms with van der Waals surface area (Å²) in [6.07, 6.45) is 12.0. The molecule has 0 spiro atoms. The van der Waals surface area contributed by atoms with Crippen LogP contribution in [0.3, 0.4) is 0 Å². The molecule has 23 heavy (non-hydrogen) atoms. The van der Waals surface area contributed by atoms with Gasteiger partial charge in [-0.05, 0) is 25.0 Å². The molecule has 1 unspecified atom stereocenters. The summed E-state index contributed by atoms with van der Waals surface area (Å²) in [6, 6.07) is 0. The van der Waals surface area contributed by atoms with Gasteiger partial charge in [0.05, 0.1) is 10.8 Å². The third-order valence-electron chi connectivity index (χ3n) is 3.91. The lowest BCUT2D eigenvalue weighted by atomic mass is 10.0. The minimum Gasteiger partial charge on any atom is -0.511 e. The summed E-state index contributed by atoms with van der Waals surface area (Å²) >= 11 is 1.52. The van der Waals surface area contributed by atoms with E-state index in [1.165, 1.54) is 17.8 Å². The molecule has 0 aromatic heterocycles. The van der Waals surface area contributed by atoms with Crippen LogP contribution in [0.4, 0.5) is 0 Å². The summed E-state index contributed by atoms with van der Waals surface area (Å²) in [6.45, 7) is 0. The van der Waals surface area contributed by atoms with Crippen LogP contribution < -0.4 is 5.32 Å². The van der Waals surface area contributed by atoms with Crippen LogP contribution in [0.15, 0.2) is 69.8 Å². The van der Waals surface area contributed by atoms with Gasteiger partial charge in [-0.3, -0.25) is 14.9 Å². The quantitative estimate of drug-likeness (QED) is 0.724. The number of allylic oxidation sites excluding steroid dienone is 6. The van der Waals surface area contributed by atoms with Gasteiger partial charge in [-0.25, -0.2) is 0 Å². The SMILES string of the molecule is O=C1C=C(C2=C3C=CC=C(O)C3SC3=C(C=CCC3)O2)C(=O)N1. The molecule has 0 aromatic carbocycles. The molecule has 116 valence electrons. The number of hydrogen-bond acceptors (Lipinski definition) is 5. The molecule has 2 aliphatic carbocycles. The van der Waals surface area contributed by atoms with Crippen LogP contribution in [0.25, 0.3) is 0 Å². The molecule has 0 radical (unpaired) electrons. The first-order valence-corrected chi connectivity index (χ1v) is 8.14. The van der Waals surface area contributed by atoms with E-state index >= 15 is 0 Å². The zero-order chi connectivity index (χ0) is 16.0. The molecule has 0 saturated carbocycles. The fourth-order valence-electron chi connectivity index (χ4n) is 2.83. The van der Waals surface area contributed by atoms with E-state index in [2.05, 4.69) is 5.32 Å². The Labute approximate surface area is 136 Å². The van der Waals surface area contributed by atoms with Crippen molar-refractivity contribution >= 4 is 23.6 Å². The molecular weight excluding hydrogens is 314 g/mol. The second-order valence-corrected chi connectivity index (χ2v) is 6.64. The second kappa shape index (κ2) is 5.31. The van der Waals surface area contributed by atoms with Crippen LogP contribution in [0, 0.1) is 0 Å². The fraction of sp³-hybridized carbons (Fsp3) is 0.176. The highest BCUT2D eigenvalue weighted by molar-refractivity contribution is 8.04. The smallest absolute Gasteiger partial charge is 0.262 e. The number of hydrogen-bond donors (Lipinski definition) is 2. The van der Waals surface area contributed by atoms with E-state index in [4.69, 9.17) is 4.74 Å². The van der Waals surface area contributed by atoms with Gasteiger partial charge in [0.1, 0.15) is 17.3 Å². The number of rotatable bonds is 1. The molecule has 4 rings (SSSR count). The Hall–Kier alpha value is -2.47. The van der Waals surface area contributed by atoms with Crippen molar-refractivity contribution in [1.29, 1.82) is 0 Å². The van der Waals surface area contributed by atoms with Crippen LogP contribution in [0.1, 0.15) is 12.8 Å². The molecule has 6 heteroatoms. The lowest BCUT2D eigenvalue weighted by Crippen LogP contribution is -2.23. The Morgan fingerprint density at radius 1 is 1.30 bits per heavy atom. The summed E-state index contributed by atoms with van der Waals surface area (Å²) in [5.41, 5.74) is 0.886. The van der Waals surface area contributed by atoms with Crippen molar-refractivity contribution in [2.75, 3.05) is 0 Å². The number of thioether (sulfide) groups is 1. The Balaban J connectivity index is 1.88. The molecule has 0 saturated heterocycles. The van der Waals surface area contributed by atoms with Crippen molar-refractivity contribution in [1.82, 2.24) is 5.32 Å². The third-order valence-corrected chi connectivity index (χ3v) is 5.33. The highest BCUT2D eigenvalue weighted by Crippen LogP contribution is 2.45. The van der Waals surface area contributed by atoms with Gasteiger partial charge in [0.15, 0.2) is 0 Å². The molecule has 4 aliphatic rings. The minimum atomic E-state index is -0.479. The van der Waals surface area contributed by atoms with Crippen LogP contribution in [-0.4, -0.2) is 22.2 Å². The number of imide groups is 1. The van der Waals surface area contributed by atoms with Crippen molar-refractivity contribution in [3.05, 3.63) is 69.8 Å². The topological polar surface area (TPSA) is 75.6 Å². The van der Waals surface area contributed by atoms with Gasteiger partial charge in [0, 0.05) is 16.6 Å². The molecule has 0 bridgehead atoms. The number of nitrogens with one attached hydrogen (secondary N) is 1. The maximum Gasteiger partial charge on any atom is 0.262 e. The number of fused-ring (bicyclic) bond motifs is 1. The Bertz CT molecular complexity index is 810. The summed E-state index contributed by atoms with van der Waals surface area (Å²) in [5.74, 6) is 0.281. The molecule has 2 amide bonds. The van der Waals surface area contributed by atoms with E-state index in [9.17, 15) is 14.7 Å². The van der Waals surface area contributed by atoms with E-state index in [1.54, 1.807) is 12.2 Å². The molecule has 2 heterocycles. The van der Waals surface area contributed by atoms with Crippen LogP contribution in [0.5, 0.6) is 0 Å². The summed E-state index contributed by atoms with van der Waals surface area (Å²) in [4.78, 5) is 24.6. The normalized spacial score (nSPS) is 26.2. The summed E-state index contributed by atoms with van der Waals surface area (Å²) in [5, 5.41) is 12.2. The lowest BCUT2D eigenvalue weighted by Gasteiger charge is -2.20. The first kappa shape index (κ1) is 14.1. The number of carbonyl (C=O) groups is 2. The summed E-state index contributed by atoms with van der Waals surface area (Å²) in [7, 11) is 0. The molecule has 2 N–H and O–H groups in total. The molecule has 5 nitrogen and oxygen atoms in total. The molecular formula is C17H13NO4S. The van der Waals surface area contributed by atoms with Gasteiger partial charge in [0.2, 0.25) is 0 Å². The number of aliphatic hydroxyl groups excluding tert-OH is 1. The number of aliphatic hydroxyl groups is 1. The van der Waals surface area contributed by atoms with E-state index in [0.717, 1.165) is 17.7 Å². The predicted octanol–water partition coefficient (Wildman–Crippen LogP) is 2.53. The van der Waals surface area contributed by atoms with E-state index < -0.39 is 11.8 Å². The summed E-state index contributed by atoms with van der Waals surface area (Å²) < 4.78 is 6.02. The Morgan fingerprint density at radius 3 is 2.96 bits per heavy atom. The van der Waals surface area contributed by atoms with E-state index in [1.807, 2.05) is 18.2 Å². The van der Waals surface area contributed by atoms with Gasteiger partial charge in [-0.15, -0.1) is 11.8 Å². The minimum absolute atomic E-state index is 0.197. The van der Waals surface area contributed by atoms with Crippen molar-refractivity contribution < 1.29 is 19.4 Å². The van der Waals surface area contributed by atoms with Crippen molar-refractivity contribution in [2.24, 2.45) is 0 Å². The highest BCUT2D eigenvalue weighted by Gasteiger charge is 2.35. The Morgan fingerprint density at radius 2 is 2.17 bits per heavy atom. The molecule has 2 aliphatic heterocycles. The number of carbonyl (C=O) groups excluding carboxylic acids is 2. The van der Waals surface area contributed by atoms with Gasteiger partial charge < -0.3 is 9.84 Å². The second-order valence-electron chi connectivity index (χ2n) is 5.44. The maximum atomic E-state index is 12.1. The molecule has 1 atom stereocenters. The van der Waals surface area contributed by atoms with Gasteiger partial charge >= 0.3 is 0 Å². The van der Waals surface area contributed by atoms with Gasteiger partial charge in [-0.1, -0.05) is 18.2 Å². The van der Waals surface area contributed by atoms with Crippen LogP contribution >= 0.6 is 11.8 Å². The number of amides is 2. The van der Waals surface area contributed by atoms with E-state index in [-0.39, 0.29) is 16.6 Å². The zero-order valence-corrected chi connectivity index (χ0v) is 12.9. The maximum absolute atomic E-state index is 12.1. The largest absolute Gasteiger partial charge is 0.511 e. The zero-order valence-electron chi connectivity index (χ0n) is 12.0. The molecule has 0 fully saturated rings. The predicted molar refractivity (Wildman–Crippen MR) is 86.0 cm³/mol. The molecule has 0 aromatic rings. The van der Waals surface area contributed by atoms with Gasteiger partial charge in [-0.2, -0.15) is 0 Å². The monoisotopic (exact) mass is 327 g/mol. The van der Waals surface area contributed by atoms with E-state index in [0.29, 0.717) is 17.1 Å². The standard InChI is InChI=1S/C17H13NO4S/c19-11-5-3-4-9-15(10-8-14(20)18-17(10)21)22-12-6-1-2-7-13(12)23-16(9)11/h1,3-6,8,16,19H,2,7H2,(H,18,20,21). The van der Waals surface area contributed by atoms with Gasteiger partial charge in [0.25, 0.3) is 11.8 Å². The average molecular weight is 327 g/mol. The van der Waals surface area contributed by atoms with Crippen LogP contribution in [0.2, 0.25) is 0 Å². The average Bonchev–Trinajstić information content (AvgIpc) is 2.77. The van der Waals surface area contributed by atoms with Crippen molar-refractivity contribution in [3.8, 4) is 0 Å². The highest BCUT2D eigenvalue weighted by atomic mass is 32.2. The van der Waals surface area contributed by atoms with Crippen LogP contribution in [-0.2, 0) is 14.3 Å². The third kappa shape index (κ3) is 2.35. The van der Waals surface area contributed by atoms with Crippen molar-refractivity contribution in [2.45, 2.75) is 18.1 Å². The lowest BCUT2D eigenvalue weighted by molar-refractivity contribution is -0.123. The number of ether oxygens (including phenoxy) is 1. The van der Waals surface area contributed by atoms with Crippen molar-refractivity contribution in [3.63, 3.8) is 0 Å². The first-order valence-electron chi connectivity index (χ1n) is 7.26. The fourth-order valence-corrected chi connectivity index (χ4v) is 4.09.